The predicted octanol–water partition coefficient (Wildman–Crippen LogP) is 3.57. The largest absolute Gasteiger partial charge is 0.357 e. The summed E-state index contributed by atoms with van der Waals surface area (Å²) in [6.07, 6.45) is 6.25. The molecule has 0 aliphatic carbocycles. The minimum Gasteiger partial charge on any atom is -0.357 e. The third-order valence-corrected chi connectivity index (χ3v) is 5.49. The van der Waals surface area contributed by atoms with Crippen molar-refractivity contribution in [2.45, 2.75) is 25.7 Å². The van der Waals surface area contributed by atoms with Crippen LogP contribution in [-0.4, -0.2) is 46.8 Å². The van der Waals surface area contributed by atoms with Crippen LogP contribution in [0.25, 0.3) is 10.8 Å². The molecular formula is C23H29N5. The summed E-state index contributed by atoms with van der Waals surface area (Å²) in [7, 11) is 1.98. The SMILES string of the molecule is CCNC(=NCCc1ccc2ccccc2c1)N1CCC(c2cnn(C)c2)C1. The fourth-order valence-corrected chi connectivity index (χ4v) is 3.99. The van der Waals surface area contributed by atoms with Crippen molar-refractivity contribution in [2.75, 3.05) is 26.2 Å². The summed E-state index contributed by atoms with van der Waals surface area (Å²) in [5, 5.41) is 10.4. The highest BCUT2D eigenvalue weighted by atomic mass is 15.3. The highest BCUT2D eigenvalue weighted by Gasteiger charge is 2.26. The summed E-state index contributed by atoms with van der Waals surface area (Å²) < 4.78 is 1.89. The lowest BCUT2D eigenvalue weighted by atomic mass is 10.0. The van der Waals surface area contributed by atoms with Crippen LogP contribution in [0.2, 0.25) is 0 Å². The first-order valence-corrected chi connectivity index (χ1v) is 10.2. The van der Waals surface area contributed by atoms with Gasteiger partial charge < -0.3 is 10.2 Å². The van der Waals surface area contributed by atoms with Gasteiger partial charge in [-0.15, -0.1) is 0 Å². The summed E-state index contributed by atoms with van der Waals surface area (Å²) >= 11 is 0. The minimum absolute atomic E-state index is 0.540. The molecular weight excluding hydrogens is 346 g/mol. The third-order valence-electron chi connectivity index (χ3n) is 5.49. The van der Waals surface area contributed by atoms with E-state index in [1.54, 1.807) is 0 Å². The number of fused-ring (bicyclic) bond motifs is 1. The topological polar surface area (TPSA) is 45.5 Å². The second kappa shape index (κ2) is 8.46. The molecule has 1 fully saturated rings. The zero-order valence-corrected chi connectivity index (χ0v) is 16.8. The maximum absolute atomic E-state index is 4.91. The van der Waals surface area contributed by atoms with Crippen molar-refractivity contribution < 1.29 is 0 Å². The predicted molar refractivity (Wildman–Crippen MR) is 116 cm³/mol. The van der Waals surface area contributed by atoms with Crippen LogP contribution in [-0.2, 0) is 13.5 Å². The van der Waals surface area contributed by atoms with Gasteiger partial charge in [-0.05, 0) is 41.7 Å². The Morgan fingerprint density at radius 3 is 2.86 bits per heavy atom. The maximum Gasteiger partial charge on any atom is 0.193 e. The second-order valence-electron chi connectivity index (χ2n) is 7.55. The fraction of sp³-hybridized carbons (Fsp3) is 0.391. The summed E-state index contributed by atoms with van der Waals surface area (Å²) in [6.45, 7) is 5.87. The van der Waals surface area contributed by atoms with Crippen molar-refractivity contribution in [1.82, 2.24) is 20.0 Å². The quantitative estimate of drug-likeness (QED) is 0.548. The molecule has 3 aromatic rings. The van der Waals surface area contributed by atoms with E-state index >= 15 is 0 Å². The van der Waals surface area contributed by atoms with Crippen molar-refractivity contribution in [1.29, 1.82) is 0 Å². The summed E-state index contributed by atoms with van der Waals surface area (Å²) in [4.78, 5) is 7.31. The van der Waals surface area contributed by atoms with Gasteiger partial charge in [0.1, 0.15) is 0 Å². The lowest BCUT2D eigenvalue weighted by Gasteiger charge is -2.21. The number of aromatic nitrogens is 2. The van der Waals surface area contributed by atoms with Gasteiger partial charge in [0, 0.05) is 45.3 Å². The number of aliphatic imine (C=N–C) groups is 1. The first kappa shape index (κ1) is 18.5. The first-order chi connectivity index (χ1) is 13.7. The van der Waals surface area contributed by atoms with Crippen LogP contribution in [0.1, 0.15) is 30.4 Å². The van der Waals surface area contributed by atoms with Crippen LogP contribution in [0, 0.1) is 0 Å². The Bertz CT molecular complexity index is 958. The van der Waals surface area contributed by atoms with E-state index in [0.29, 0.717) is 5.92 Å². The summed E-state index contributed by atoms with van der Waals surface area (Å²) in [6, 6.07) is 15.2. The highest BCUT2D eigenvalue weighted by molar-refractivity contribution is 5.83. The van der Waals surface area contributed by atoms with Gasteiger partial charge in [0.25, 0.3) is 0 Å². The Balaban J connectivity index is 1.40. The molecule has 0 amide bonds. The van der Waals surface area contributed by atoms with Gasteiger partial charge in [0.15, 0.2) is 5.96 Å². The molecule has 1 aromatic heterocycles. The van der Waals surface area contributed by atoms with Crippen LogP contribution in [0.4, 0.5) is 0 Å². The molecule has 4 rings (SSSR count). The average molecular weight is 376 g/mol. The number of benzene rings is 2. The van der Waals surface area contributed by atoms with Crippen molar-refractivity contribution in [3.8, 4) is 0 Å². The van der Waals surface area contributed by atoms with E-state index in [2.05, 4.69) is 70.9 Å². The number of likely N-dealkylation sites (tertiary alicyclic amines) is 1. The van der Waals surface area contributed by atoms with Gasteiger partial charge in [-0.25, -0.2) is 0 Å². The molecule has 5 heteroatoms. The van der Waals surface area contributed by atoms with Gasteiger partial charge in [-0.1, -0.05) is 42.5 Å². The number of aryl methyl sites for hydroxylation is 1. The average Bonchev–Trinajstić information content (AvgIpc) is 3.36. The van der Waals surface area contributed by atoms with Crippen molar-refractivity contribution in [2.24, 2.45) is 12.0 Å². The number of hydrogen-bond acceptors (Lipinski definition) is 2. The van der Waals surface area contributed by atoms with E-state index in [1.807, 2.05) is 17.9 Å². The fourth-order valence-electron chi connectivity index (χ4n) is 3.99. The van der Waals surface area contributed by atoms with E-state index in [1.165, 1.54) is 21.9 Å². The number of nitrogens with zero attached hydrogens (tertiary/aromatic N) is 4. The highest BCUT2D eigenvalue weighted by Crippen LogP contribution is 2.26. The molecule has 2 aromatic carbocycles. The van der Waals surface area contributed by atoms with Gasteiger partial charge in [0.2, 0.25) is 0 Å². The molecule has 0 radical (unpaired) electrons. The van der Waals surface area contributed by atoms with Crippen LogP contribution >= 0.6 is 0 Å². The van der Waals surface area contributed by atoms with Crippen molar-refractivity contribution >= 4 is 16.7 Å². The molecule has 0 bridgehead atoms. The zero-order valence-electron chi connectivity index (χ0n) is 16.8. The number of rotatable bonds is 5. The molecule has 1 N–H and O–H groups in total. The zero-order chi connectivity index (χ0) is 19.3. The normalized spacial score (nSPS) is 17.4. The Morgan fingerprint density at radius 1 is 1.21 bits per heavy atom. The molecule has 1 aliphatic rings. The van der Waals surface area contributed by atoms with Crippen molar-refractivity contribution in [3.63, 3.8) is 0 Å². The molecule has 1 atom stereocenters. The van der Waals surface area contributed by atoms with Gasteiger partial charge in [-0.2, -0.15) is 5.10 Å². The Labute approximate surface area is 167 Å². The van der Waals surface area contributed by atoms with Crippen LogP contribution in [0.3, 0.4) is 0 Å². The molecule has 0 spiro atoms. The van der Waals surface area contributed by atoms with Crippen LogP contribution in [0.5, 0.6) is 0 Å². The Hall–Kier alpha value is -2.82. The molecule has 146 valence electrons. The Morgan fingerprint density at radius 2 is 2.07 bits per heavy atom. The van der Waals surface area contributed by atoms with Gasteiger partial charge >= 0.3 is 0 Å². The molecule has 0 saturated carbocycles. The van der Waals surface area contributed by atoms with E-state index < -0.39 is 0 Å². The maximum atomic E-state index is 4.91. The molecule has 28 heavy (non-hydrogen) atoms. The number of guanidine groups is 1. The summed E-state index contributed by atoms with van der Waals surface area (Å²) in [5.41, 5.74) is 2.67. The molecule has 1 saturated heterocycles. The molecule has 2 heterocycles. The first-order valence-electron chi connectivity index (χ1n) is 10.2. The van der Waals surface area contributed by atoms with E-state index in [9.17, 15) is 0 Å². The van der Waals surface area contributed by atoms with Crippen molar-refractivity contribution in [3.05, 3.63) is 66.0 Å². The smallest absolute Gasteiger partial charge is 0.193 e. The van der Waals surface area contributed by atoms with Crippen LogP contribution < -0.4 is 5.32 Å². The standard InChI is InChI=1S/C23H29N5/c1-3-24-23(28-13-11-21(17-28)22-15-26-27(2)16-22)25-12-10-18-8-9-19-6-4-5-7-20(19)14-18/h4-9,14-16,21H,3,10-13,17H2,1-2H3,(H,24,25). The monoisotopic (exact) mass is 375 g/mol. The molecule has 5 nitrogen and oxygen atoms in total. The Kier molecular flexibility index (Phi) is 5.60. The second-order valence-corrected chi connectivity index (χ2v) is 7.55. The van der Waals surface area contributed by atoms with E-state index in [4.69, 9.17) is 4.99 Å². The van der Waals surface area contributed by atoms with E-state index in [0.717, 1.165) is 45.0 Å². The lowest BCUT2D eigenvalue weighted by Crippen LogP contribution is -2.40. The molecule has 1 unspecified atom stereocenters. The third kappa shape index (κ3) is 4.19. The minimum atomic E-state index is 0.540. The van der Waals surface area contributed by atoms with Gasteiger partial charge in [0.05, 0.1) is 6.20 Å². The van der Waals surface area contributed by atoms with E-state index in [-0.39, 0.29) is 0 Å². The molecule has 1 aliphatic heterocycles. The summed E-state index contributed by atoms with van der Waals surface area (Å²) in [5.74, 6) is 1.58. The number of nitrogens with one attached hydrogen (secondary N) is 1. The van der Waals surface area contributed by atoms with Gasteiger partial charge in [-0.3, -0.25) is 9.67 Å². The number of hydrogen-bond donors (Lipinski definition) is 1. The van der Waals surface area contributed by atoms with Crippen LogP contribution in [0.15, 0.2) is 59.9 Å². The lowest BCUT2D eigenvalue weighted by molar-refractivity contribution is 0.486.